The second-order valence-electron chi connectivity index (χ2n) is 25.1. The molecule has 109 heavy (non-hydrogen) atoms. The molecule has 0 aliphatic carbocycles. The van der Waals surface area contributed by atoms with Gasteiger partial charge in [0.1, 0.15) is 85.1 Å². The Morgan fingerprint density at radius 2 is 0.798 bits per heavy atom. The zero-order chi connectivity index (χ0) is 81.9. The molecule has 1 aromatic carbocycles. The van der Waals surface area contributed by atoms with E-state index in [2.05, 4.69) is 78.4 Å². The normalized spacial score (nSPS) is 16.4. The number of carbonyl (C=O) groups is 12. The third-order valence-electron chi connectivity index (χ3n) is 16.5. The molecule has 2 heterocycles. The van der Waals surface area contributed by atoms with Crippen LogP contribution < -0.4 is 69.8 Å². The highest BCUT2D eigenvalue weighted by molar-refractivity contribution is 5.98. The van der Waals surface area contributed by atoms with Gasteiger partial charge in [-0.05, 0) is 69.7 Å². The van der Waals surface area contributed by atoms with Gasteiger partial charge in [0, 0.05) is 82.5 Å². The van der Waals surface area contributed by atoms with Crippen LogP contribution in [0.25, 0.3) is 11.2 Å². The van der Waals surface area contributed by atoms with E-state index in [4.69, 9.17) is 15.9 Å². The average molecular weight is 1560 g/mol. The predicted molar refractivity (Wildman–Crippen MR) is 370 cm³/mol. The standard InChI is InChI=1S/C63H98N16O30/c1-27(71-56(103)28-4-6-29(7-5-28)66-19-30-20-70-55-48(72-30)62(109)79-63(64)78-55)3-13-45(92)73-32(8-14-42(89)67-21-36(83)49(97)52(100)39(86)24-80)58(105)77-35(12-18-47(95)96)61(108)76-34(10-16-44(91)69-23-38(85)51(99)54(102)41(88)26-82)60(107)75-33(59(106)74-31(57(104)65-2)11-17-46(93)94)9-15-43(90)68-22-37(84)50(98)53(101)40(87)25-81/h4-7,20,27,31-41,49-54,66,80-88,97-102H,3,8-19,21-26H2,1-2H3,(H,65,104)(H,67,89)(H,68,90)(H,69,91)(H,71,103)(H,73,92)(H,74,106)(H,75,107)(H,76,108)(H,77,105)(H,93,94)(H,95,96)(H3,64,70,78,79,109)/t27-,31+,32+,33+,34+,35+,36+,37+,38+,39-,40-,41-,49-,50-,51-,52-,53-,54-/m1/s1. The number of H-pyrrole nitrogens is 1. The molecule has 0 bridgehead atoms. The summed E-state index contributed by atoms with van der Waals surface area (Å²) < 4.78 is 0. The minimum Gasteiger partial charge on any atom is -0.481 e. The van der Waals surface area contributed by atoms with E-state index in [1.54, 1.807) is 12.1 Å². The number of aromatic amines is 1. The van der Waals surface area contributed by atoms with Gasteiger partial charge in [0.2, 0.25) is 59.1 Å². The number of carboxylic acids is 2. The number of aliphatic hydroxyl groups excluding tert-OH is 15. The first kappa shape index (κ1) is 93.3. The highest BCUT2D eigenvalue weighted by Crippen LogP contribution is 2.16. The molecule has 0 radical (unpaired) electrons. The number of aliphatic carboxylic acids is 2. The summed E-state index contributed by atoms with van der Waals surface area (Å²) >= 11 is 0. The summed E-state index contributed by atoms with van der Waals surface area (Å²) in [7, 11) is 1.11. The van der Waals surface area contributed by atoms with Gasteiger partial charge < -0.3 is 151 Å². The Kier molecular flexibility index (Phi) is 40.3. The van der Waals surface area contributed by atoms with Gasteiger partial charge in [-0.15, -0.1) is 0 Å². The molecule has 10 amide bonds. The van der Waals surface area contributed by atoms with Crippen LogP contribution in [-0.4, -0.2) is 334 Å². The van der Waals surface area contributed by atoms with E-state index in [0.717, 1.165) is 7.05 Å². The number of benzene rings is 1. The van der Waals surface area contributed by atoms with Gasteiger partial charge in [-0.3, -0.25) is 67.3 Å². The predicted octanol–water partition coefficient (Wildman–Crippen LogP) is -13.3. The van der Waals surface area contributed by atoms with Crippen LogP contribution in [0.2, 0.25) is 0 Å². The Bertz CT molecular complexity index is 3570. The Balaban J connectivity index is 2.01. The van der Waals surface area contributed by atoms with Crippen LogP contribution >= 0.6 is 0 Å². The van der Waals surface area contributed by atoms with Gasteiger partial charge in [0.25, 0.3) is 11.5 Å². The van der Waals surface area contributed by atoms with Gasteiger partial charge in [-0.2, -0.15) is 4.98 Å². The number of anilines is 2. The maximum Gasteiger partial charge on any atom is 0.303 e. The molecule has 0 saturated carbocycles. The summed E-state index contributed by atoms with van der Waals surface area (Å²) in [6, 6.07) is -4.55. The number of carboxylic acid groups (broad SMARTS) is 2. The minimum atomic E-state index is -2.20. The van der Waals surface area contributed by atoms with Crippen LogP contribution in [0.5, 0.6) is 0 Å². The van der Waals surface area contributed by atoms with E-state index in [1.807, 2.05) is 0 Å². The van der Waals surface area contributed by atoms with Crippen molar-refractivity contribution in [1.82, 2.24) is 73.1 Å². The first-order valence-corrected chi connectivity index (χ1v) is 34.0. The number of hydrogen-bond acceptors (Lipinski definition) is 33. The van der Waals surface area contributed by atoms with Crippen LogP contribution in [0.3, 0.4) is 0 Å². The monoisotopic (exact) mass is 1560 g/mol. The lowest BCUT2D eigenvalue weighted by molar-refractivity contribution is -0.139. The number of aliphatic hydroxyl groups is 15. The average Bonchev–Trinajstić information content (AvgIpc) is 0.810. The van der Waals surface area contributed by atoms with Crippen molar-refractivity contribution < 1.29 is 144 Å². The molecule has 3 rings (SSSR count). The van der Waals surface area contributed by atoms with Crippen LogP contribution in [0.1, 0.15) is 100 Å². The van der Waals surface area contributed by atoms with Crippen LogP contribution in [0.4, 0.5) is 11.6 Å². The van der Waals surface area contributed by atoms with Crippen molar-refractivity contribution in [3.63, 3.8) is 0 Å². The van der Waals surface area contributed by atoms with Gasteiger partial charge in [-0.1, -0.05) is 0 Å². The highest BCUT2D eigenvalue weighted by Gasteiger charge is 2.37. The highest BCUT2D eigenvalue weighted by atomic mass is 16.4. The van der Waals surface area contributed by atoms with Crippen molar-refractivity contribution >= 4 is 93.8 Å². The second kappa shape index (κ2) is 47.1. The zero-order valence-corrected chi connectivity index (χ0v) is 59.0. The number of amides is 10. The third-order valence-corrected chi connectivity index (χ3v) is 16.5. The third kappa shape index (κ3) is 32.4. The van der Waals surface area contributed by atoms with Gasteiger partial charge in [0.05, 0.1) is 56.6 Å². The molecule has 0 saturated heterocycles. The van der Waals surface area contributed by atoms with E-state index < -0.39 is 296 Å². The quantitative estimate of drug-likeness (QED) is 0.0250. The molecular weight excluding hydrogens is 1460 g/mol. The van der Waals surface area contributed by atoms with Crippen molar-refractivity contribution in [3.8, 4) is 0 Å². The number of nitrogens with one attached hydrogen (secondary N) is 12. The topological polar surface area (TPSA) is 779 Å². The number of nitrogens with two attached hydrogens (primary N) is 1. The molecule has 46 heteroatoms. The molecule has 18 atom stereocenters. The lowest BCUT2D eigenvalue weighted by Crippen LogP contribution is -2.59. The molecule has 0 aliphatic rings. The molecule has 0 spiro atoms. The number of rotatable bonds is 51. The fourth-order valence-electron chi connectivity index (χ4n) is 9.92. The summed E-state index contributed by atoms with van der Waals surface area (Å²) in [6.45, 7) is -4.15. The molecule has 0 unspecified atom stereocenters. The first-order chi connectivity index (χ1) is 51.3. The summed E-state index contributed by atoms with van der Waals surface area (Å²) in [6.07, 6.45) is -32.0. The summed E-state index contributed by atoms with van der Waals surface area (Å²) in [4.78, 5) is 188. The maximum absolute atomic E-state index is 14.6. The lowest BCUT2D eigenvalue weighted by atomic mass is 10.0. The smallest absolute Gasteiger partial charge is 0.303 e. The first-order valence-electron chi connectivity index (χ1n) is 34.0. The van der Waals surface area contributed by atoms with Crippen LogP contribution in [0, 0.1) is 0 Å². The summed E-state index contributed by atoms with van der Waals surface area (Å²) in [5.41, 5.74) is 5.98. The molecule has 0 aliphatic heterocycles. The number of hydrogen-bond donors (Lipinski definition) is 30. The number of carbonyl (C=O) groups excluding carboxylic acids is 10. The fraction of sp³-hybridized carbons (Fsp3) is 0.619. The minimum absolute atomic E-state index is 0.0303. The fourth-order valence-corrected chi connectivity index (χ4v) is 9.92. The second-order valence-corrected chi connectivity index (χ2v) is 25.1. The molecule has 0 fully saturated rings. The Labute approximate surface area is 619 Å². The van der Waals surface area contributed by atoms with Gasteiger partial charge in [-0.25, -0.2) is 9.97 Å². The van der Waals surface area contributed by atoms with Crippen molar-refractivity contribution in [2.24, 2.45) is 0 Å². The van der Waals surface area contributed by atoms with Crippen molar-refractivity contribution in [2.75, 3.05) is 57.6 Å². The van der Waals surface area contributed by atoms with Crippen LogP contribution in [-0.2, 0) is 59.3 Å². The summed E-state index contributed by atoms with van der Waals surface area (Å²) in [5.74, 6) is -14.5. The largest absolute Gasteiger partial charge is 0.481 e. The van der Waals surface area contributed by atoms with E-state index in [1.165, 1.54) is 25.3 Å². The van der Waals surface area contributed by atoms with E-state index >= 15 is 0 Å². The van der Waals surface area contributed by atoms with Gasteiger partial charge >= 0.3 is 11.9 Å². The Morgan fingerprint density at radius 3 is 1.17 bits per heavy atom. The number of nitrogens with zero attached hydrogens (tertiary/aromatic N) is 3. The molecule has 610 valence electrons. The molecular formula is C63H98N16O30. The SMILES string of the molecule is CNC(=O)[C@H](CCC(=O)O)NC(=O)[C@H](CCC(=O)NC[C@H](O)[C@@H](O)[C@H](O)[C@H](O)CO)NC(=O)[C@H](CCC(=O)NC[C@H](O)[C@@H](O)[C@H](O)[C@H](O)CO)NC(=O)[C@H](CCC(=O)O)NC(=O)[C@H](CCC(=O)NC[C@H](O)[C@@H](O)[C@H](O)[C@H](O)CO)NC(=O)CC[C@@H](C)NC(=O)c1ccc(NCc2cnc3nc(N)[nH]c(=O)c3n2)cc1. The van der Waals surface area contributed by atoms with Crippen molar-refractivity contribution in [2.45, 2.75) is 200 Å². The molecule has 31 N–H and O–H groups in total. The van der Waals surface area contributed by atoms with E-state index in [0.29, 0.717) is 11.4 Å². The Morgan fingerprint density at radius 1 is 0.450 bits per heavy atom. The molecule has 3 aromatic rings. The number of likely N-dealkylation sites (N-methyl/N-ethyl adjacent to an activating group) is 1. The van der Waals surface area contributed by atoms with Crippen molar-refractivity contribution in [1.29, 1.82) is 0 Å². The van der Waals surface area contributed by atoms with Crippen molar-refractivity contribution in [3.05, 3.63) is 52.1 Å². The number of fused-ring (bicyclic) bond motifs is 1. The Hall–Kier alpha value is -9.92. The van der Waals surface area contributed by atoms with Crippen LogP contribution in [0.15, 0.2) is 35.3 Å². The van der Waals surface area contributed by atoms with Gasteiger partial charge in [0.15, 0.2) is 11.2 Å². The van der Waals surface area contributed by atoms with E-state index in [-0.39, 0.29) is 35.6 Å². The zero-order valence-electron chi connectivity index (χ0n) is 59.0. The lowest BCUT2D eigenvalue weighted by Gasteiger charge is -2.27. The van der Waals surface area contributed by atoms with E-state index in [9.17, 15) is 139 Å². The number of nitrogen functional groups attached to an aromatic ring is 1. The summed E-state index contributed by atoms with van der Waals surface area (Å²) in [5, 5.41) is 194. The molecule has 46 nitrogen and oxygen atoms in total. The number of aromatic nitrogens is 4. The molecule has 2 aromatic heterocycles. The maximum atomic E-state index is 14.6.